The molecule has 9 heteroatoms. The van der Waals surface area contributed by atoms with Crippen LogP contribution in [0.4, 0.5) is 4.39 Å². The van der Waals surface area contributed by atoms with Crippen molar-refractivity contribution in [1.29, 1.82) is 0 Å². The van der Waals surface area contributed by atoms with Gasteiger partial charge in [0, 0.05) is 18.7 Å². The van der Waals surface area contributed by atoms with Crippen molar-refractivity contribution in [2.45, 2.75) is 13.1 Å². The van der Waals surface area contributed by atoms with Gasteiger partial charge in [0.25, 0.3) is 5.56 Å². The van der Waals surface area contributed by atoms with Crippen LogP contribution in [0.2, 0.25) is 5.02 Å². The molecule has 0 N–H and O–H groups in total. The molecule has 0 aliphatic heterocycles. The summed E-state index contributed by atoms with van der Waals surface area (Å²) >= 11 is 5.98. The molecule has 0 unspecified atom stereocenters. The van der Waals surface area contributed by atoms with Gasteiger partial charge in [0.2, 0.25) is 0 Å². The van der Waals surface area contributed by atoms with Crippen molar-refractivity contribution in [2.75, 3.05) is 13.7 Å². The van der Waals surface area contributed by atoms with E-state index in [1.807, 2.05) is 0 Å². The van der Waals surface area contributed by atoms with Gasteiger partial charge in [-0.3, -0.25) is 9.36 Å². The predicted molar refractivity (Wildman–Crippen MR) is 112 cm³/mol. The third-order valence-electron chi connectivity index (χ3n) is 4.77. The van der Waals surface area contributed by atoms with E-state index in [1.54, 1.807) is 41.0 Å². The van der Waals surface area contributed by atoms with Crippen molar-refractivity contribution in [1.82, 2.24) is 18.7 Å². The van der Waals surface area contributed by atoms with Gasteiger partial charge in [-0.15, -0.1) is 0 Å². The number of aromatic nitrogens is 4. The van der Waals surface area contributed by atoms with E-state index in [2.05, 4.69) is 4.98 Å². The number of imidazole rings is 1. The second-order valence-corrected chi connectivity index (χ2v) is 7.15. The Labute approximate surface area is 175 Å². The number of nitrogens with zero attached hydrogens (tertiary/aromatic N) is 4. The summed E-state index contributed by atoms with van der Waals surface area (Å²) < 4.78 is 22.5. The zero-order valence-electron chi connectivity index (χ0n) is 16.1. The quantitative estimate of drug-likeness (QED) is 0.473. The highest BCUT2D eigenvalue weighted by molar-refractivity contribution is 6.30. The van der Waals surface area contributed by atoms with E-state index in [9.17, 15) is 14.0 Å². The average Bonchev–Trinajstić information content (AvgIpc) is 3.14. The highest BCUT2D eigenvalue weighted by Crippen LogP contribution is 2.17. The van der Waals surface area contributed by atoms with Crippen molar-refractivity contribution in [2.24, 2.45) is 0 Å². The fourth-order valence-corrected chi connectivity index (χ4v) is 3.41. The van der Waals surface area contributed by atoms with Crippen LogP contribution in [0.25, 0.3) is 16.9 Å². The maximum absolute atomic E-state index is 13.2. The minimum absolute atomic E-state index is 0.0967. The fourth-order valence-electron chi connectivity index (χ4n) is 3.29. The van der Waals surface area contributed by atoms with E-state index in [1.165, 1.54) is 30.1 Å². The summed E-state index contributed by atoms with van der Waals surface area (Å²) in [6, 6.07) is 12.7. The van der Waals surface area contributed by atoms with E-state index in [0.29, 0.717) is 17.3 Å². The van der Waals surface area contributed by atoms with Crippen LogP contribution in [0.1, 0.15) is 5.56 Å². The number of halogens is 2. The largest absolute Gasteiger partial charge is 0.383 e. The molecule has 0 saturated heterocycles. The lowest BCUT2D eigenvalue weighted by molar-refractivity contribution is 0.184. The Morgan fingerprint density at radius 2 is 1.77 bits per heavy atom. The Hall–Kier alpha value is -3.23. The second-order valence-electron chi connectivity index (χ2n) is 6.72. The number of ether oxygens (including phenoxy) is 1. The third kappa shape index (κ3) is 3.67. The zero-order chi connectivity index (χ0) is 21.3. The van der Waals surface area contributed by atoms with Crippen molar-refractivity contribution >= 4 is 22.8 Å². The molecule has 0 aliphatic carbocycles. The Bertz CT molecular complexity index is 1310. The number of fused-ring (bicyclic) bond motifs is 1. The second kappa shape index (κ2) is 8.25. The zero-order valence-corrected chi connectivity index (χ0v) is 16.8. The number of hydrogen-bond donors (Lipinski definition) is 0. The molecule has 0 fully saturated rings. The highest BCUT2D eigenvalue weighted by atomic mass is 35.5. The smallest absolute Gasteiger partial charge is 0.337 e. The molecule has 0 saturated carbocycles. The highest BCUT2D eigenvalue weighted by Gasteiger charge is 2.19. The van der Waals surface area contributed by atoms with Crippen molar-refractivity contribution in [3.63, 3.8) is 0 Å². The van der Waals surface area contributed by atoms with Gasteiger partial charge in [-0.1, -0.05) is 23.7 Å². The summed E-state index contributed by atoms with van der Waals surface area (Å²) in [6.07, 6.45) is 1.50. The van der Waals surface area contributed by atoms with Crippen LogP contribution in [0.3, 0.4) is 0 Å². The van der Waals surface area contributed by atoms with Crippen molar-refractivity contribution < 1.29 is 9.13 Å². The molecule has 2 heterocycles. The minimum Gasteiger partial charge on any atom is -0.383 e. The van der Waals surface area contributed by atoms with Gasteiger partial charge in [0.1, 0.15) is 5.82 Å². The van der Waals surface area contributed by atoms with Crippen LogP contribution in [0, 0.1) is 5.82 Å². The molecule has 0 amide bonds. The summed E-state index contributed by atoms with van der Waals surface area (Å²) in [6.45, 7) is 0.599. The van der Waals surface area contributed by atoms with E-state index in [-0.39, 0.29) is 30.1 Å². The Balaban J connectivity index is 1.95. The number of benzene rings is 2. The third-order valence-corrected chi connectivity index (χ3v) is 5.02. The minimum atomic E-state index is -0.515. The lowest BCUT2D eigenvalue weighted by Gasteiger charge is -2.12. The average molecular weight is 429 g/mol. The van der Waals surface area contributed by atoms with Crippen molar-refractivity contribution in [3.8, 4) is 5.69 Å². The van der Waals surface area contributed by atoms with Crippen LogP contribution in [0.5, 0.6) is 0 Å². The maximum Gasteiger partial charge on any atom is 0.337 e. The molecule has 0 bridgehead atoms. The van der Waals surface area contributed by atoms with Gasteiger partial charge in [-0.25, -0.2) is 18.7 Å². The Morgan fingerprint density at radius 1 is 1.07 bits per heavy atom. The lowest BCUT2D eigenvalue weighted by atomic mass is 10.2. The van der Waals surface area contributed by atoms with Gasteiger partial charge in [0.05, 0.1) is 25.2 Å². The molecule has 7 nitrogen and oxygen atoms in total. The number of hydrogen-bond acceptors (Lipinski definition) is 4. The van der Waals surface area contributed by atoms with E-state index in [4.69, 9.17) is 16.3 Å². The molecule has 154 valence electrons. The number of rotatable bonds is 6. The standard InChI is InChI=1S/C21H18ClFN4O3/c1-30-11-10-26-20(28)18-19(27(21(26)29)17-8-4-15(22)5-9-17)24-13-25(18)12-14-2-6-16(23)7-3-14/h2-9,13H,10-12H2,1H3. The molecule has 4 aromatic rings. The Morgan fingerprint density at radius 3 is 2.43 bits per heavy atom. The molecular weight excluding hydrogens is 411 g/mol. The normalized spacial score (nSPS) is 11.3. The first-order valence-electron chi connectivity index (χ1n) is 9.19. The monoisotopic (exact) mass is 428 g/mol. The summed E-state index contributed by atoms with van der Waals surface area (Å²) in [5.74, 6) is -0.340. The van der Waals surface area contributed by atoms with Crippen LogP contribution < -0.4 is 11.2 Å². The number of methoxy groups -OCH3 is 1. The molecular formula is C21H18ClFN4O3. The first-order chi connectivity index (χ1) is 14.5. The van der Waals surface area contributed by atoms with Crippen molar-refractivity contribution in [3.05, 3.63) is 92.1 Å². The predicted octanol–water partition coefficient (Wildman–Crippen LogP) is 2.84. The van der Waals surface area contributed by atoms with Gasteiger partial charge in [0.15, 0.2) is 11.2 Å². The molecule has 4 rings (SSSR count). The lowest BCUT2D eigenvalue weighted by Crippen LogP contribution is -2.41. The molecule has 2 aromatic heterocycles. The fraction of sp³-hybridized carbons (Fsp3) is 0.190. The first kappa shape index (κ1) is 20.1. The van der Waals surface area contributed by atoms with Gasteiger partial charge in [-0.2, -0.15) is 0 Å². The Kier molecular flexibility index (Phi) is 5.52. The summed E-state index contributed by atoms with van der Waals surface area (Å²) in [5.41, 5.74) is 0.860. The van der Waals surface area contributed by atoms with Gasteiger partial charge < -0.3 is 9.30 Å². The molecule has 30 heavy (non-hydrogen) atoms. The topological polar surface area (TPSA) is 71.1 Å². The molecule has 0 aliphatic rings. The maximum atomic E-state index is 13.2. The molecule has 0 radical (unpaired) electrons. The SMILES string of the molecule is COCCn1c(=O)c2c(ncn2Cc2ccc(F)cc2)n(-c2ccc(Cl)cc2)c1=O. The van der Waals surface area contributed by atoms with Crippen LogP contribution in [-0.2, 0) is 17.8 Å². The van der Waals surface area contributed by atoms with Gasteiger partial charge >= 0.3 is 5.69 Å². The van der Waals surface area contributed by atoms with Crippen LogP contribution in [0.15, 0.2) is 64.4 Å². The summed E-state index contributed by atoms with van der Waals surface area (Å²) in [5, 5.41) is 0.526. The summed E-state index contributed by atoms with van der Waals surface area (Å²) in [4.78, 5) is 30.7. The molecule has 0 spiro atoms. The molecule has 0 atom stereocenters. The summed E-state index contributed by atoms with van der Waals surface area (Å²) in [7, 11) is 1.50. The van der Waals surface area contributed by atoms with E-state index >= 15 is 0 Å². The first-order valence-corrected chi connectivity index (χ1v) is 9.57. The van der Waals surface area contributed by atoms with Crippen LogP contribution >= 0.6 is 11.6 Å². The van der Waals surface area contributed by atoms with Crippen LogP contribution in [-0.4, -0.2) is 32.4 Å². The van der Waals surface area contributed by atoms with E-state index in [0.717, 1.165) is 10.1 Å². The molecule has 2 aromatic carbocycles. The van der Waals surface area contributed by atoms with Gasteiger partial charge in [-0.05, 0) is 42.0 Å². The van der Waals surface area contributed by atoms with E-state index < -0.39 is 11.2 Å².